The summed E-state index contributed by atoms with van der Waals surface area (Å²) in [5.74, 6) is 0.861. The van der Waals surface area contributed by atoms with Crippen LogP contribution in [0.25, 0.3) is 11.0 Å². The van der Waals surface area contributed by atoms with Gasteiger partial charge in [0.05, 0.1) is 17.3 Å². The Morgan fingerprint density at radius 2 is 1.95 bits per heavy atom. The van der Waals surface area contributed by atoms with Crippen molar-refractivity contribution in [2.45, 2.75) is 20.0 Å². The van der Waals surface area contributed by atoms with Crippen molar-refractivity contribution in [2.75, 3.05) is 6.61 Å². The summed E-state index contributed by atoms with van der Waals surface area (Å²) in [6, 6.07) is 16.6. The Kier molecular flexibility index (Phi) is 9.08. The topological polar surface area (TPSA) is 73.1 Å². The van der Waals surface area contributed by atoms with E-state index in [-0.39, 0.29) is 12.4 Å². The van der Waals surface area contributed by atoms with Gasteiger partial charge in [-0.1, -0.05) is 51.8 Å². The van der Waals surface area contributed by atoms with E-state index in [2.05, 4.69) is 49.0 Å². The van der Waals surface area contributed by atoms with Crippen molar-refractivity contribution < 1.29 is 18.7 Å². The molecule has 6 nitrogen and oxygen atoms in total. The van der Waals surface area contributed by atoms with Crippen molar-refractivity contribution in [3.05, 3.63) is 104 Å². The molecule has 0 bridgehead atoms. The largest absolute Gasteiger partial charge is 0.490 e. The number of fused-ring (bicyclic) bond motifs is 1. The Balaban J connectivity index is 1.54. The molecular formula is C28H23Br2ClN2O4. The third-order valence-electron chi connectivity index (χ3n) is 5.29. The van der Waals surface area contributed by atoms with E-state index >= 15 is 0 Å². The zero-order valence-corrected chi connectivity index (χ0v) is 23.8. The van der Waals surface area contributed by atoms with Crippen LogP contribution < -0.4 is 14.9 Å². The van der Waals surface area contributed by atoms with Crippen molar-refractivity contribution >= 4 is 66.6 Å². The summed E-state index contributed by atoms with van der Waals surface area (Å²) in [4.78, 5) is 12.6. The number of nitrogens with one attached hydrogen (secondary N) is 1. The smallest absolute Gasteiger partial charge is 0.307 e. The predicted octanol–water partition coefficient (Wildman–Crippen LogP) is 8.08. The highest BCUT2D eigenvalue weighted by molar-refractivity contribution is 9.11. The number of carbonyl (C=O) groups excluding carboxylic acids is 1. The van der Waals surface area contributed by atoms with Crippen molar-refractivity contribution in [1.29, 1.82) is 0 Å². The lowest BCUT2D eigenvalue weighted by atomic mass is 10.1. The maximum Gasteiger partial charge on any atom is 0.307 e. The number of rotatable bonds is 10. The number of hydrogen-bond donors (Lipinski definition) is 1. The van der Waals surface area contributed by atoms with Crippen molar-refractivity contribution in [3.8, 4) is 11.5 Å². The van der Waals surface area contributed by atoms with E-state index in [1.807, 2.05) is 55.5 Å². The number of allylic oxidation sites excluding steroid dienone is 1. The lowest BCUT2D eigenvalue weighted by Crippen LogP contribution is -2.16. The third kappa shape index (κ3) is 6.63. The molecule has 0 saturated carbocycles. The summed E-state index contributed by atoms with van der Waals surface area (Å²) in [7, 11) is 0. The first-order valence-corrected chi connectivity index (χ1v) is 13.3. The number of hydrogen-bond acceptors (Lipinski definition) is 5. The van der Waals surface area contributed by atoms with Crippen LogP contribution in [-0.2, 0) is 13.0 Å². The Hall–Kier alpha value is -3.07. The summed E-state index contributed by atoms with van der Waals surface area (Å²) in [5.41, 5.74) is 5.56. The Bertz CT molecular complexity index is 1480. The second-order valence-electron chi connectivity index (χ2n) is 7.93. The van der Waals surface area contributed by atoms with Gasteiger partial charge in [0.2, 0.25) is 0 Å². The lowest BCUT2D eigenvalue weighted by molar-refractivity contribution is 0.0929. The van der Waals surface area contributed by atoms with Gasteiger partial charge >= 0.3 is 5.91 Å². The zero-order valence-electron chi connectivity index (χ0n) is 19.9. The molecule has 0 spiro atoms. The van der Waals surface area contributed by atoms with Crippen LogP contribution >= 0.6 is 43.5 Å². The molecule has 0 unspecified atom stereocenters. The highest BCUT2D eigenvalue weighted by Gasteiger charge is 2.16. The second kappa shape index (κ2) is 12.4. The van der Waals surface area contributed by atoms with Gasteiger partial charge in [-0.15, -0.1) is 6.58 Å². The van der Waals surface area contributed by atoms with Gasteiger partial charge in [0.25, 0.3) is 0 Å². The SMILES string of the molecule is C=CCc1cc(/C=N\NC(=O)c2cc3cc(Br)cc(Br)c3o2)cc(OCC)c1OCc1ccccc1Cl. The Morgan fingerprint density at radius 3 is 2.70 bits per heavy atom. The summed E-state index contributed by atoms with van der Waals surface area (Å²) >= 11 is 13.2. The molecule has 1 amide bonds. The van der Waals surface area contributed by atoms with Gasteiger partial charge in [-0.05, 0) is 71.2 Å². The van der Waals surface area contributed by atoms with E-state index in [0.29, 0.717) is 35.1 Å². The quantitative estimate of drug-likeness (QED) is 0.107. The minimum absolute atomic E-state index is 0.150. The molecule has 1 heterocycles. The molecule has 37 heavy (non-hydrogen) atoms. The third-order valence-corrected chi connectivity index (χ3v) is 6.70. The van der Waals surface area contributed by atoms with Crippen LogP contribution in [0.2, 0.25) is 5.02 Å². The molecule has 1 N–H and O–H groups in total. The van der Waals surface area contributed by atoms with Crippen LogP contribution in [-0.4, -0.2) is 18.7 Å². The Labute approximate surface area is 236 Å². The molecule has 0 aliphatic carbocycles. The average Bonchev–Trinajstić information content (AvgIpc) is 3.29. The maximum absolute atomic E-state index is 12.6. The maximum atomic E-state index is 12.6. The predicted molar refractivity (Wildman–Crippen MR) is 154 cm³/mol. The minimum Gasteiger partial charge on any atom is -0.490 e. The molecule has 0 aliphatic heterocycles. The monoisotopic (exact) mass is 644 g/mol. The summed E-state index contributed by atoms with van der Waals surface area (Å²) in [5, 5.41) is 5.54. The standard InChI is InChI=1S/C28H23Br2ClN2O4/c1-3-7-18-10-17(11-24(35-4-2)27(18)36-16-19-8-5-6-9-23(19)31)15-32-33-28(34)25-13-20-12-21(29)14-22(30)26(20)37-25/h3,5-6,8-15H,1,4,7,16H2,2H3,(H,33,34)/b32-15-. The van der Waals surface area contributed by atoms with Crippen molar-refractivity contribution in [3.63, 3.8) is 0 Å². The molecule has 1 aromatic heterocycles. The molecule has 9 heteroatoms. The van der Waals surface area contributed by atoms with Crippen LogP contribution in [0, 0.1) is 0 Å². The molecule has 0 radical (unpaired) electrons. The van der Waals surface area contributed by atoms with Crippen LogP contribution in [0.3, 0.4) is 0 Å². The van der Waals surface area contributed by atoms with Crippen molar-refractivity contribution in [1.82, 2.24) is 5.43 Å². The van der Waals surface area contributed by atoms with Gasteiger partial charge in [0, 0.05) is 26.0 Å². The summed E-state index contributed by atoms with van der Waals surface area (Å²) in [6.07, 6.45) is 3.88. The van der Waals surface area contributed by atoms with Gasteiger partial charge in [-0.3, -0.25) is 4.79 Å². The van der Waals surface area contributed by atoms with Crippen LogP contribution in [0.1, 0.15) is 34.2 Å². The van der Waals surface area contributed by atoms with E-state index in [9.17, 15) is 4.79 Å². The first-order chi connectivity index (χ1) is 17.9. The van der Waals surface area contributed by atoms with Crippen molar-refractivity contribution in [2.24, 2.45) is 5.10 Å². The molecule has 0 fully saturated rings. The second-order valence-corrected chi connectivity index (χ2v) is 10.1. The number of benzene rings is 3. The van der Waals surface area contributed by atoms with E-state index in [1.54, 1.807) is 18.4 Å². The molecule has 0 aliphatic rings. The van der Waals surface area contributed by atoms with Gasteiger partial charge in [0.1, 0.15) is 12.2 Å². The van der Waals surface area contributed by atoms with Crippen LogP contribution in [0.4, 0.5) is 0 Å². The Morgan fingerprint density at radius 1 is 1.14 bits per heavy atom. The fourth-order valence-electron chi connectivity index (χ4n) is 3.67. The molecule has 0 atom stereocenters. The highest BCUT2D eigenvalue weighted by Crippen LogP contribution is 2.35. The molecule has 4 aromatic rings. The van der Waals surface area contributed by atoms with Gasteiger partial charge in [-0.25, -0.2) is 5.43 Å². The first-order valence-electron chi connectivity index (χ1n) is 11.4. The highest BCUT2D eigenvalue weighted by atomic mass is 79.9. The molecule has 0 saturated heterocycles. The minimum atomic E-state index is -0.466. The summed E-state index contributed by atoms with van der Waals surface area (Å²) < 4.78 is 19.3. The van der Waals surface area contributed by atoms with E-state index in [1.165, 1.54) is 0 Å². The van der Waals surface area contributed by atoms with Gasteiger partial charge < -0.3 is 13.9 Å². The number of furan rings is 1. The molecule has 3 aromatic carbocycles. The first kappa shape index (κ1) is 27.0. The van der Waals surface area contributed by atoms with E-state index in [0.717, 1.165) is 31.0 Å². The zero-order chi connectivity index (χ0) is 26.4. The number of carbonyl (C=O) groups is 1. The number of nitrogens with zero attached hydrogens (tertiary/aromatic N) is 1. The fraction of sp³-hybridized carbons (Fsp3) is 0.143. The lowest BCUT2D eigenvalue weighted by Gasteiger charge is -2.17. The van der Waals surface area contributed by atoms with E-state index < -0.39 is 5.91 Å². The fourth-order valence-corrected chi connectivity index (χ4v) is 5.19. The van der Waals surface area contributed by atoms with Gasteiger partial charge in [-0.2, -0.15) is 5.10 Å². The number of ether oxygens (including phenoxy) is 2. The number of hydrazone groups is 1. The van der Waals surface area contributed by atoms with Crippen LogP contribution in [0.15, 0.2) is 85.7 Å². The number of amides is 1. The molecule has 4 rings (SSSR count). The van der Waals surface area contributed by atoms with Gasteiger partial charge in [0.15, 0.2) is 17.3 Å². The normalized spacial score (nSPS) is 11.1. The average molecular weight is 647 g/mol. The summed E-state index contributed by atoms with van der Waals surface area (Å²) in [6.45, 7) is 6.50. The molecule has 190 valence electrons. The number of halogens is 3. The molecular weight excluding hydrogens is 624 g/mol. The van der Waals surface area contributed by atoms with E-state index in [4.69, 9.17) is 25.5 Å². The van der Waals surface area contributed by atoms with Crippen LogP contribution in [0.5, 0.6) is 11.5 Å².